The Bertz CT molecular complexity index is 358. The Kier molecular flexibility index (Phi) is 7.37. The minimum atomic E-state index is -0.958. The molecule has 0 saturated heterocycles. The number of hydrogen-bond acceptors (Lipinski definition) is 5. The molecule has 0 aromatic rings. The molecule has 0 spiro atoms. The molecular weight excluding hydrogens is 246 g/mol. The zero-order valence-electron chi connectivity index (χ0n) is 12.9. The van der Waals surface area contributed by atoms with Crippen LogP contribution in [0.1, 0.15) is 34.6 Å². The lowest BCUT2D eigenvalue weighted by atomic mass is 10.1. The number of ether oxygens (including phenoxy) is 2. The Morgan fingerprint density at radius 1 is 1.05 bits per heavy atom. The summed E-state index contributed by atoms with van der Waals surface area (Å²) in [6.45, 7) is 9.19. The molecule has 0 bridgehead atoms. The van der Waals surface area contributed by atoms with Crippen LogP contribution in [0.25, 0.3) is 0 Å². The van der Waals surface area contributed by atoms with Crippen molar-refractivity contribution >= 4 is 11.9 Å². The molecule has 0 aliphatic carbocycles. The zero-order chi connectivity index (χ0) is 15.2. The van der Waals surface area contributed by atoms with Crippen molar-refractivity contribution in [3.05, 3.63) is 11.1 Å². The van der Waals surface area contributed by atoms with E-state index in [9.17, 15) is 9.59 Å². The Hall–Kier alpha value is -1.36. The third kappa shape index (κ3) is 6.96. The van der Waals surface area contributed by atoms with Crippen molar-refractivity contribution in [2.45, 2.75) is 46.8 Å². The van der Waals surface area contributed by atoms with Crippen LogP contribution in [0.2, 0.25) is 0 Å². The van der Waals surface area contributed by atoms with Crippen LogP contribution < -0.4 is 0 Å². The van der Waals surface area contributed by atoms with Crippen molar-refractivity contribution in [2.75, 3.05) is 20.6 Å². The lowest BCUT2D eigenvalue weighted by molar-refractivity contribution is -0.166. The summed E-state index contributed by atoms with van der Waals surface area (Å²) in [4.78, 5) is 25.1. The third-order valence-electron chi connectivity index (χ3n) is 2.47. The average molecular weight is 271 g/mol. The second-order valence-electron chi connectivity index (χ2n) is 5.18. The summed E-state index contributed by atoms with van der Waals surface area (Å²) in [5, 5.41) is 0. The quantitative estimate of drug-likeness (QED) is 0.544. The lowest BCUT2D eigenvalue weighted by Gasteiger charge is -2.21. The molecule has 19 heavy (non-hydrogen) atoms. The van der Waals surface area contributed by atoms with Crippen LogP contribution in [0.15, 0.2) is 11.1 Å². The minimum Gasteiger partial charge on any atom is -0.460 e. The summed E-state index contributed by atoms with van der Waals surface area (Å²) in [5.41, 5.74) is 1.70. The second kappa shape index (κ2) is 7.94. The Morgan fingerprint density at radius 2 is 1.58 bits per heavy atom. The maximum Gasteiger partial charge on any atom is 0.352 e. The highest BCUT2D eigenvalue weighted by Gasteiger charge is 2.27. The molecule has 0 aliphatic heterocycles. The molecule has 0 aromatic heterocycles. The third-order valence-corrected chi connectivity index (χ3v) is 2.47. The first-order valence-corrected chi connectivity index (χ1v) is 6.33. The first-order valence-electron chi connectivity index (χ1n) is 6.33. The molecule has 0 aliphatic rings. The molecule has 5 heteroatoms. The van der Waals surface area contributed by atoms with Crippen molar-refractivity contribution in [3.8, 4) is 0 Å². The Morgan fingerprint density at radius 3 is 1.95 bits per heavy atom. The highest BCUT2D eigenvalue weighted by Crippen LogP contribution is 2.15. The summed E-state index contributed by atoms with van der Waals surface area (Å²) < 4.78 is 10.2. The number of carbonyl (C=O) groups is 2. The van der Waals surface area contributed by atoms with E-state index in [1.165, 1.54) is 6.92 Å². The molecule has 1 unspecified atom stereocenters. The van der Waals surface area contributed by atoms with E-state index in [2.05, 4.69) is 0 Å². The molecule has 0 fully saturated rings. The van der Waals surface area contributed by atoms with Gasteiger partial charge in [-0.25, -0.2) is 4.79 Å². The first kappa shape index (κ1) is 17.6. The van der Waals surface area contributed by atoms with Crippen molar-refractivity contribution in [1.82, 2.24) is 4.90 Å². The Balaban J connectivity index is 5.12. The fourth-order valence-electron chi connectivity index (χ4n) is 1.60. The van der Waals surface area contributed by atoms with Gasteiger partial charge < -0.3 is 14.4 Å². The molecule has 0 rings (SSSR count). The van der Waals surface area contributed by atoms with Gasteiger partial charge in [-0.1, -0.05) is 5.57 Å². The highest BCUT2D eigenvalue weighted by molar-refractivity contribution is 5.82. The Labute approximate surface area is 115 Å². The maximum atomic E-state index is 12.0. The molecule has 0 amide bonds. The fraction of sp³-hybridized carbons (Fsp3) is 0.714. The predicted octanol–water partition coefficient (Wildman–Crippen LogP) is 1.77. The summed E-state index contributed by atoms with van der Waals surface area (Å²) in [6.07, 6.45) is -1.20. The monoisotopic (exact) mass is 271 g/mol. The van der Waals surface area contributed by atoms with E-state index in [4.69, 9.17) is 9.47 Å². The molecule has 1 atom stereocenters. The first-order chi connectivity index (χ1) is 8.65. The number of nitrogens with zero attached hydrogens (tertiary/aromatic N) is 1. The van der Waals surface area contributed by atoms with E-state index in [-0.39, 0.29) is 6.10 Å². The highest BCUT2D eigenvalue weighted by atomic mass is 16.6. The van der Waals surface area contributed by atoms with Crippen molar-refractivity contribution in [2.24, 2.45) is 0 Å². The van der Waals surface area contributed by atoms with Crippen LogP contribution >= 0.6 is 0 Å². The summed E-state index contributed by atoms with van der Waals surface area (Å²) >= 11 is 0. The van der Waals surface area contributed by atoms with Crippen LogP contribution in [0.3, 0.4) is 0 Å². The van der Waals surface area contributed by atoms with Gasteiger partial charge in [0.25, 0.3) is 0 Å². The van der Waals surface area contributed by atoms with Gasteiger partial charge in [0.05, 0.1) is 6.10 Å². The number of rotatable bonds is 6. The number of carbonyl (C=O) groups excluding carboxylic acids is 2. The number of esters is 2. The molecule has 0 N–H and O–H groups in total. The number of likely N-dealkylation sites (N-methyl/N-ethyl adjacent to an activating group) is 1. The topological polar surface area (TPSA) is 55.8 Å². The predicted molar refractivity (Wildman–Crippen MR) is 73.7 cm³/mol. The van der Waals surface area contributed by atoms with Crippen LogP contribution in [-0.2, 0) is 19.1 Å². The van der Waals surface area contributed by atoms with Gasteiger partial charge in [0.1, 0.15) is 0 Å². The van der Waals surface area contributed by atoms with Crippen molar-refractivity contribution in [1.29, 1.82) is 0 Å². The lowest BCUT2D eigenvalue weighted by Crippen LogP contribution is -2.32. The van der Waals surface area contributed by atoms with E-state index in [1.54, 1.807) is 20.8 Å². The summed E-state index contributed by atoms with van der Waals surface area (Å²) in [7, 11) is 3.87. The van der Waals surface area contributed by atoms with E-state index < -0.39 is 18.0 Å². The largest absolute Gasteiger partial charge is 0.460 e. The smallest absolute Gasteiger partial charge is 0.352 e. The molecular formula is C14H25NO4. The molecule has 110 valence electrons. The second-order valence-corrected chi connectivity index (χ2v) is 5.18. The normalized spacial score (nSPS) is 14.2. The van der Waals surface area contributed by atoms with Crippen molar-refractivity contribution < 1.29 is 19.1 Å². The maximum absolute atomic E-state index is 12.0. The number of hydrogen-bond donors (Lipinski definition) is 0. The van der Waals surface area contributed by atoms with Crippen LogP contribution in [0, 0.1) is 0 Å². The van der Waals surface area contributed by atoms with Crippen LogP contribution in [0.4, 0.5) is 0 Å². The molecule has 5 nitrogen and oxygen atoms in total. The van der Waals surface area contributed by atoms with Gasteiger partial charge in [0.15, 0.2) is 0 Å². The molecule has 0 radical (unpaired) electrons. The van der Waals surface area contributed by atoms with Crippen LogP contribution in [-0.4, -0.2) is 49.7 Å². The van der Waals surface area contributed by atoms with Crippen molar-refractivity contribution in [3.63, 3.8) is 0 Å². The van der Waals surface area contributed by atoms with Gasteiger partial charge in [0, 0.05) is 13.5 Å². The van der Waals surface area contributed by atoms with Gasteiger partial charge in [-0.05, 0) is 47.4 Å². The van der Waals surface area contributed by atoms with E-state index in [0.717, 1.165) is 11.1 Å². The summed E-state index contributed by atoms with van der Waals surface area (Å²) in [5.74, 6) is -1.02. The SMILES string of the molecule is CC(=O)OC(C(=O)OC(C)C)/C(C)=C(\C)CN(C)C. The standard InChI is InChI=1S/C14H25NO4/c1-9(2)18-14(17)13(19-12(5)16)11(4)10(3)8-15(6)7/h9,13H,8H2,1-7H3/b11-10+. The van der Waals surface area contributed by atoms with E-state index in [1.807, 2.05) is 25.9 Å². The van der Waals surface area contributed by atoms with Gasteiger partial charge >= 0.3 is 11.9 Å². The van der Waals surface area contributed by atoms with Gasteiger partial charge in [0.2, 0.25) is 6.10 Å². The minimum absolute atomic E-state index is 0.243. The van der Waals surface area contributed by atoms with Gasteiger partial charge in [-0.3, -0.25) is 4.79 Å². The average Bonchev–Trinajstić information content (AvgIpc) is 2.22. The summed E-state index contributed by atoms with van der Waals surface area (Å²) in [6, 6.07) is 0. The zero-order valence-corrected chi connectivity index (χ0v) is 12.9. The van der Waals surface area contributed by atoms with E-state index >= 15 is 0 Å². The molecule has 0 aromatic carbocycles. The molecule has 0 saturated carbocycles. The van der Waals surface area contributed by atoms with Gasteiger partial charge in [-0.2, -0.15) is 0 Å². The van der Waals surface area contributed by atoms with E-state index in [0.29, 0.717) is 6.54 Å². The van der Waals surface area contributed by atoms with Crippen LogP contribution in [0.5, 0.6) is 0 Å². The van der Waals surface area contributed by atoms with Gasteiger partial charge in [-0.15, -0.1) is 0 Å². The molecule has 0 heterocycles. The fourth-order valence-corrected chi connectivity index (χ4v) is 1.60.